The Kier molecular flexibility index (Phi) is 5.82. The van der Waals surface area contributed by atoms with Crippen molar-refractivity contribution in [2.75, 3.05) is 0 Å². The van der Waals surface area contributed by atoms with Gasteiger partial charge in [0.05, 0.1) is 5.69 Å². The summed E-state index contributed by atoms with van der Waals surface area (Å²) in [6.07, 6.45) is 1.94. The average molecular weight is 509 g/mol. The lowest BCUT2D eigenvalue weighted by Gasteiger charge is -2.29. The highest BCUT2D eigenvalue weighted by molar-refractivity contribution is 8.00. The molecule has 186 valence electrons. The molecule has 0 N–H and O–H groups in total. The molecule has 0 amide bonds. The lowest BCUT2D eigenvalue weighted by molar-refractivity contribution is 0.410. The van der Waals surface area contributed by atoms with E-state index in [0.29, 0.717) is 11.1 Å². The lowest BCUT2D eigenvalue weighted by Crippen LogP contribution is -2.31. The first kappa shape index (κ1) is 25.6. The maximum Gasteiger partial charge on any atom is 0.140 e. The van der Waals surface area contributed by atoms with Gasteiger partial charge in [-0.15, -0.1) is 0 Å². The van der Waals surface area contributed by atoms with Crippen LogP contribution in [0.5, 0.6) is 0 Å². The Labute approximate surface area is 233 Å². The monoisotopic (exact) mass is 509 g/mol. The van der Waals surface area contributed by atoms with Gasteiger partial charge < -0.3 is 0 Å². The molecule has 4 aromatic carbocycles. The molecule has 0 saturated heterocycles. The lowest BCUT2D eigenvalue weighted by atomic mass is 9.77. The molecule has 4 radical (unpaired) electrons. The fraction of sp³-hybridized carbons (Fsp3) is 0.324. The smallest absolute Gasteiger partial charge is 0.140 e. The predicted molar refractivity (Wildman–Crippen MR) is 168 cm³/mol. The normalized spacial score (nSPS) is 13.4. The molecule has 38 heavy (non-hydrogen) atoms. The molecule has 1 nitrogen and oxygen atoms in total. The molecule has 4 heteroatoms. The summed E-state index contributed by atoms with van der Waals surface area (Å²) in [6.45, 7) is 16.0. The molecule has 0 spiro atoms. The Morgan fingerprint density at radius 1 is 0.789 bits per heavy atom. The van der Waals surface area contributed by atoms with Gasteiger partial charge in [0.25, 0.3) is 0 Å². The minimum Gasteiger partial charge on any atom is -0.264 e. The summed E-state index contributed by atoms with van der Waals surface area (Å²) in [5.41, 5.74) is 7.38. The van der Waals surface area contributed by atoms with Gasteiger partial charge in [0, 0.05) is 20.7 Å². The third-order valence-electron chi connectivity index (χ3n) is 7.48. The predicted octanol–water partition coefficient (Wildman–Crippen LogP) is 7.75. The number of rotatable bonds is 2. The van der Waals surface area contributed by atoms with Crippen molar-refractivity contribution >= 4 is 70.8 Å². The second-order valence-corrected chi connectivity index (χ2v) is 14.5. The van der Waals surface area contributed by atoms with Gasteiger partial charge in [0.15, 0.2) is 0 Å². The Bertz CT molecular complexity index is 1790. The molecular weight excluding hydrogens is 476 g/mol. The summed E-state index contributed by atoms with van der Waals surface area (Å²) >= 11 is 1.87. The van der Waals surface area contributed by atoms with Gasteiger partial charge in [-0.2, -0.15) is 0 Å². The number of pyridine rings is 1. The average Bonchev–Trinajstić information content (AvgIpc) is 2.80. The van der Waals surface area contributed by atoms with E-state index in [2.05, 4.69) is 97.0 Å². The van der Waals surface area contributed by atoms with E-state index in [1.165, 1.54) is 53.6 Å². The van der Waals surface area contributed by atoms with Crippen LogP contribution in [0.25, 0.3) is 43.6 Å². The largest absolute Gasteiger partial charge is 0.264 e. The van der Waals surface area contributed by atoms with E-state index in [4.69, 9.17) is 20.7 Å². The molecule has 0 atom stereocenters. The van der Waals surface area contributed by atoms with Gasteiger partial charge in [0.1, 0.15) is 15.7 Å². The van der Waals surface area contributed by atoms with Crippen LogP contribution in [0, 0.1) is 17.8 Å². The van der Waals surface area contributed by atoms with E-state index < -0.39 is 0 Å². The molecule has 0 aliphatic carbocycles. The van der Waals surface area contributed by atoms with Crippen LogP contribution >= 0.6 is 11.8 Å². The second kappa shape index (κ2) is 8.65. The van der Waals surface area contributed by atoms with Crippen molar-refractivity contribution in [3.63, 3.8) is 0 Å². The van der Waals surface area contributed by atoms with Crippen LogP contribution in [0.3, 0.4) is 0 Å². The molecular formula is C34H33B2NS. The van der Waals surface area contributed by atoms with E-state index in [1.807, 2.05) is 11.8 Å². The minimum atomic E-state index is 0.141. The van der Waals surface area contributed by atoms with E-state index in [0.717, 1.165) is 29.3 Å². The maximum atomic E-state index is 6.78. The molecule has 6 rings (SSSR count). The number of hydrogen-bond acceptors (Lipinski definition) is 2. The van der Waals surface area contributed by atoms with E-state index in [1.54, 1.807) is 0 Å². The first-order valence-corrected chi connectivity index (χ1v) is 14.3. The van der Waals surface area contributed by atoms with Crippen LogP contribution in [0.2, 0.25) is 0 Å². The highest BCUT2D eigenvalue weighted by Crippen LogP contribution is 2.52. The van der Waals surface area contributed by atoms with Crippen molar-refractivity contribution in [3.05, 3.63) is 65.2 Å². The van der Waals surface area contributed by atoms with Crippen molar-refractivity contribution < 1.29 is 0 Å². The number of hydrogen-bond donors (Lipinski definition) is 0. The molecule has 0 saturated carbocycles. The highest BCUT2D eigenvalue weighted by Gasteiger charge is 2.29. The van der Waals surface area contributed by atoms with Gasteiger partial charge in [-0.3, -0.25) is 4.98 Å². The summed E-state index contributed by atoms with van der Waals surface area (Å²) < 4.78 is 0. The molecule has 0 bridgehead atoms. The topological polar surface area (TPSA) is 12.9 Å². The van der Waals surface area contributed by atoms with Crippen LogP contribution in [-0.2, 0) is 12.8 Å². The van der Waals surface area contributed by atoms with Crippen LogP contribution in [0.4, 0.5) is 0 Å². The van der Waals surface area contributed by atoms with E-state index >= 15 is 0 Å². The molecule has 0 fully saturated rings. The molecule has 1 aliphatic heterocycles. The van der Waals surface area contributed by atoms with Gasteiger partial charge in [0.2, 0.25) is 0 Å². The number of aryl methyl sites for hydroxylation is 1. The third kappa shape index (κ3) is 4.26. The molecule has 1 aromatic heterocycles. The quantitative estimate of drug-likeness (QED) is 0.175. The Hall–Kier alpha value is -2.71. The van der Waals surface area contributed by atoms with Crippen molar-refractivity contribution in [1.82, 2.24) is 4.98 Å². The van der Waals surface area contributed by atoms with Crippen molar-refractivity contribution in [2.24, 2.45) is 10.8 Å². The molecule has 1 aliphatic rings. The summed E-state index contributed by atoms with van der Waals surface area (Å²) in [5.74, 6) is 0. The Morgan fingerprint density at radius 2 is 1.53 bits per heavy atom. The number of fused-ring (bicyclic) bond motifs is 5. The maximum absolute atomic E-state index is 6.78. The van der Waals surface area contributed by atoms with Gasteiger partial charge in [-0.25, -0.2) is 0 Å². The standard InChI is InChI=1S/C34H33B2NS/c1-18-11-12-22-21(13-18)14-23-30-27-25(38-31(23)24(22)17-34(5,6)7)15-19-9-8-10-20(16-33(2,3)4)26(19)28(27)29(35)32(36)37-30/h8-15H,16-17H2,1-7H3. The number of aromatic nitrogens is 1. The van der Waals surface area contributed by atoms with Gasteiger partial charge in [-0.05, 0) is 86.4 Å². The fourth-order valence-corrected chi connectivity index (χ4v) is 7.34. The molecule has 2 heterocycles. The van der Waals surface area contributed by atoms with Crippen LogP contribution in [0.1, 0.15) is 58.2 Å². The van der Waals surface area contributed by atoms with Crippen molar-refractivity contribution in [1.29, 1.82) is 0 Å². The minimum absolute atomic E-state index is 0.141. The van der Waals surface area contributed by atoms with Crippen molar-refractivity contribution in [2.45, 2.75) is 71.1 Å². The number of nitrogens with zero attached hydrogens (tertiary/aromatic N) is 1. The van der Waals surface area contributed by atoms with Gasteiger partial charge in [-0.1, -0.05) is 101 Å². The van der Waals surface area contributed by atoms with E-state index in [-0.39, 0.29) is 10.8 Å². The van der Waals surface area contributed by atoms with Crippen LogP contribution < -0.4 is 11.1 Å². The van der Waals surface area contributed by atoms with Crippen molar-refractivity contribution in [3.8, 4) is 11.3 Å². The number of benzene rings is 4. The van der Waals surface area contributed by atoms with Gasteiger partial charge >= 0.3 is 0 Å². The first-order valence-electron chi connectivity index (χ1n) is 13.5. The summed E-state index contributed by atoms with van der Waals surface area (Å²) in [5, 5.41) is 7.20. The zero-order valence-electron chi connectivity index (χ0n) is 23.5. The second-order valence-electron chi connectivity index (χ2n) is 13.4. The third-order valence-corrected chi connectivity index (χ3v) is 8.69. The highest BCUT2D eigenvalue weighted by atomic mass is 32.2. The fourth-order valence-electron chi connectivity index (χ4n) is 6.06. The summed E-state index contributed by atoms with van der Waals surface area (Å²) in [7, 11) is 13.4. The molecule has 5 aromatic rings. The zero-order valence-corrected chi connectivity index (χ0v) is 24.4. The summed E-state index contributed by atoms with van der Waals surface area (Å²) in [4.78, 5) is 7.50. The van der Waals surface area contributed by atoms with Crippen LogP contribution in [-0.4, -0.2) is 20.7 Å². The van der Waals surface area contributed by atoms with E-state index in [9.17, 15) is 0 Å². The Balaban J connectivity index is 1.77. The van der Waals surface area contributed by atoms with Crippen LogP contribution in [0.15, 0.2) is 58.3 Å². The molecule has 0 unspecified atom stereocenters. The Morgan fingerprint density at radius 3 is 2.24 bits per heavy atom. The summed E-state index contributed by atoms with van der Waals surface area (Å²) in [6, 6.07) is 18.1. The zero-order chi connectivity index (χ0) is 27.1. The SMILES string of the molecule is [B]c1nc2c3c(cc4cccc(CC(C)(C)C)c4c3c1[B])Sc1c-2cc2cc(C)ccc2c1CC(C)(C)C. The first-order chi connectivity index (χ1) is 17.8.